The lowest BCUT2D eigenvalue weighted by molar-refractivity contribution is 0.0987. The number of sulfonamides is 1. The van der Waals surface area contributed by atoms with Gasteiger partial charge < -0.3 is 0 Å². The standard InChI is InChI=1S/C28H21BrN4O3S2/c1-32(23-10-6-3-7-11-23)38(35,36)24-15-12-21(13-16-24)27(34)33(30-19-20-8-4-2-5-9-20)28-31-25-17-14-22(29)18-26(25)37-28/h2-19H,1H3/b30-19+. The molecule has 1 heterocycles. The molecule has 0 spiro atoms. The first-order valence-corrected chi connectivity index (χ1v) is 14.5. The zero-order valence-electron chi connectivity index (χ0n) is 20.1. The number of para-hydroxylation sites is 1. The number of rotatable bonds is 7. The highest BCUT2D eigenvalue weighted by molar-refractivity contribution is 9.10. The smallest absolute Gasteiger partial charge is 0.269 e. The van der Waals surface area contributed by atoms with Crippen molar-refractivity contribution in [3.05, 3.63) is 119 Å². The first-order valence-electron chi connectivity index (χ1n) is 11.5. The number of aromatic nitrogens is 1. The number of thiazole rings is 1. The van der Waals surface area contributed by atoms with Gasteiger partial charge >= 0.3 is 0 Å². The molecule has 0 fully saturated rings. The lowest BCUT2D eigenvalue weighted by atomic mass is 10.2. The van der Waals surface area contributed by atoms with Crippen LogP contribution in [0.25, 0.3) is 10.2 Å². The number of amides is 1. The van der Waals surface area contributed by atoms with E-state index in [-0.39, 0.29) is 10.5 Å². The van der Waals surface area contributed by atoms with Crippen molar-refractivity contribution in [2.45, 2.75) is 4.90 Å². The number of hydrogen-bond donors (Lipinski definition) is 0. The fourth-order valence-corrected chi connectivity index (χ4v) is 6.33. The topological polar surface area (TPSA) is 82.9 Å². The average Bonchev–Trinajstić information content (AvgIpc) is 3.36. The molecule has 0 saturated heterocycles. The molecule has 4 aromatic carbocycles. The Balaban J connectivity index is 1.48. The number of carbonyl (C=O) groups is 1. The van der Waals surface area contributed by atoms with Crippen LogP contribution in [0.15, 0.2) is 118 Å². The summed E-state index contributed by atoms with van der Waals surface area (Å²) in [5.41, 5.74) is 2.37. The molecule has 10 heteroatoms. The second kappa shape index (κ2) is 10.9. The normalized spacial score (nSPS) is 11.6. The van der Waals surface area contributed by atoms with Crippen molar-refractivity contribution >= 4 is 70.4 Å². The van der Waals surface area contributed by atoms with Crippen molar-refractivity contribution in [2.75, 3.05) is 16.4 Å². The minimum Gasteiger partial charge on any atom is -0.269 e. The van der Waals surface area contributed by atoms with Gasteiger partial charge in [0.15, 0.2) is 0 Å². The summed E-state index contributed by atoms with van der Waals surface area (Å²) in [4.78, 5) is 18.3. The predicted octanol–water partition coefficient (Wildman–Crippen LogP) is 6.56. The Bertz CT molecular complexity index is 1720. The van der Waals surface area contributed by atoms with E-state index >= 15 is 0 Å². The molecule has 0 radical (unpaired) electrons. The van der Waals surface area contributed by atoms with Crippen molar-refractivity contribution in [2.24, 2.45) is 5.10 Å². The van der Waals surface area contributed by atoms with Crippen LogP contribution in [-0.4, -0.2) is 32.6 Å². The van der Waals surface area contributed by atoms with E-state index in [9.17, 15) is 13.2 Å². The minimum atomic E-state index is -3.81. The molecule has 190 valence electrons. The Morgan fingerprint density at radius 2 is 1.58 bits per heavy atom. The van der Waals surface area contributed by atoms with Gasteiger partial charge in [0, 0.05) is 17.1 Å². The molecule has 0 N–H and O–H groups in total. The Kier molecular flexibility index (Phi) is 7.37. The lowest BCUT2D eigenvalue weighted by Gasteiger charge is -2.19. The SMILES string of the molecule is CN(c1ccccc1)S(=O)(=O)c1ccc(C(=O)N(/N=C/c2ccccc2)c2nc3ccc(Br)cc3s2)cc1. The van der Waals surface area contributed by atoms with Crippen LogP contribution in [0, 0.1) is 0 Å². The van der Waals surface area contributed by atoms with Gasteiger partial charge in [-0.3, -0.25) is 9.10 Å². The Hall–Kier alpha value is -3.86. The Labute approximate surface area is 232 Å². The molecule has 0 aliphatic heterocycles. The van der Waals surface area contributed by atoms with Gasteiger partial charge in [-0.15, -0.1) is 0 Å². The molecule has 0 atom stereocenters. The van der Waals surface area contributed by atoms with Crippen LogP contribution in [0.3, 0.4) is 0 Å². The number of nitrogens with zero attached hydrogens (tertiary/aromatic N) is 4. The van der Waals surface area contributed by atoms with Crippen LogP contribution >= 0.6 is 27.3 Å². The van der Waals surface area contributed by atoms with E-state index in [1.165, 1.54) is 52.0 Å². The molecule has 7 nitrogen and oxygen atoms in total. The molecule has 0 saturated carbocycles. The van der Waals surface area contributed by atoms with E-state index in [1.807, 2.05) is 54.6 Å². The quantitative estimate of drug-likeness (QED) is 0.155. The van der Waals surface area contributed by atoms with Crippen LogP contribution in [0.1, 0.15) is 15.9 Å². The molecule has 5 aromatic rings. The van der Waals surface area contributed by atoms with Crippen molar-refractivity contribution in [3.8, 4) is 0 Å². The zero-order valence-corrected chi connectivity index (χ0v) is 23.3. The van der Waals surface area contributed by atoms with E-state index in [4.69, 9.17) is 0 Å². The molecule has 1 amide bonds. The predicted molar refractivity (Wildman–Crippen MR) is 157 cm³/mol. The maximum atomic E-state index is 13.6. The third-order valence-corrected chi connectivity index (χ3v) is 9.00. The highest BCUT2D eigenvalue weighted by atomic mass is 79.9. The number of anilines is 2. The van der Waals surface area contributed by atoms with Crippen LogP contribution in [0.5, 0.6) is 0 Å². The van der Waals surface area contributed by atoms with Crippen molar-refractivity contribution in [1.29, 1.82) is 0 Å². The van der Waals surface area contributed by atoms with E-state index in [0.29, 0.717) is 10.8 Å². The average molecular weight is 606 g/mol. The number of halogens is 1. The molecule has 0 unspecified atom stereocenters. The maximum absolute atomic E-state index is 13.6. The Morgan fingerprint density at radius 3 is 2.26 bits per heavy atom. The fourth-order valence-electron chi connectivity index (χ4n) is 3.66. The van der Waals surface area contributed by atoms with Crippen molar-refractivity contribution in [3.63, 3.8) is 0 Å². The number of hydrazone groups is 1. The minimum absolute atomic E-state index is 0.0737. The number of carbonyl (C=O) groups excluding carboxylic acids is 1. The number of hydrogen-bond acceptors (Lipinski definition) is 6. The van der Waals surface area contributed by atoms with Gasteiger partial charge in [-0.25, -0.2) is 13.4 Å². The van der Waals surface area contributed by atoms with Crippen LogP contribution < -0.4 is 9.31 Å². The second-order valence-electron chi connectivity index (χ2n) is 8.21. The first kappa shape index (κ1) is 25.8. The van der Waals surface area contributed by atoms with Crippen LogP contribution in [-0.2, 0) is 10.0 Å². The van der Waals surface area contributed by atoms with Gasteiger partial charge in [-0.05, 0) is 60.2 Å². The highest BCUT2D eigenvalue weighted by Gasteiger charge is 2.24. The van der Waals surface area contributed by atoms with E-state index in [0.717, 1.165) is 20.3 Å². The van der Waals surface area contributed by atoms with Gasteiger partial charge in [-0.2, -0.15) is 10.1 Å². The van der Waals surface area contributed by atoms with E-state index in [2.05, 4.69) is 26.0 Å². The van der Waals surface area contributed by atoms with Gasteiger partial charge in [0.05, 0.1) is 27.0 Å². The molecular formula is C28H21BrN4O3S2. The first-order chi connectivity index (χ1) is 18.3. The van der Waals surface area contributed by atoms with Crippen molar-refractivity contribution in [1.82, 2.24) is 4.98 Å². The maximum Gasteiger partial charge on any atom is 0.280 e. The second-order valence-corrected chi connectivity index (χ2v) is 12.1. The fraction of sp³-hybridized carbons (Fsp3) is 0.0357. The third kappa shape index (κ3) is 5.38. The van der Waals surface area contributed by atoms with Crippen LogP contribution in [0.2, 0.25) is 0 Å². The molecule has 0 aliphatic rings. The Morgan fingerprint density at radius 1 is 0.921 bits per heavy atom. The summed E-state index contributed by atoms with van der Waals surface area (Å²) in [5.74, 6) is -0.435. The van der Waals surface area contributed by atoms with E-state index < -0.39 is 15.9 Å². The largest absolute Gasteiger partial charge is 0.280 e. The summed E-state index contributed by atoms with van der Waals surface area (Å²) in [6.45, 7) is 0. The molecular weight excluding hydrogens is 584 g/mol. The van der Waals surface area contributed by atoms with Gasteiger partial charge in [0.2, 0.25) is 5.13 Å². The summed E-state index contributed by atoms with van der Waals surface area (Å²) in [5, 5.41) is 6.11. The summed E-state index contributed by atoms with van der Waals surface area (Å²) in [6.07, 6.45) is 1.59. The summed E-state index contributed by atoms with van der Waals surface area (Å²) in [6, 6.07) is 29.7. The summed E-state index contributed by atoms with van der Waals surface area (Å²) >= 11 is 4.80. The highest BCUT2D eigenvalue weighted by Crippen LogP contribution is 2.32. The molecule has 38 heavy (non-hydrogen) atoms. The molecule has 5 rings (SSSR count). The number of benzene rings is 4. The van der Waals surface area contributed by atoms with Crippen molar-refractivity contribution < 1.29 is 13.2 Å². The lowest BCUT2D eigenvalue weighted by Crippen LogP contribution is -2.27. The number of fused-ring (bicyclic) bond motifs is 1. The summed E-state index contributed by atoms with van der Waals surface area (Å²) < 4.78 is 29.3. The molecule has 0 bridgehead atoms. The van der Waals surface area contributed by atoms with Crippen LogP contribution in [0.4, 0.5) is 10.8 Å². The molecule has 0 aliphatic carbocycles. The van der Waals surface area contributed by atoms with Gasteiger partial charge in [-0.1, -0.05) is 75.8 Å². The third-order valence-electron chi connectivity index (χ3n) is 5.71. The summed E-state index contributed by atoms with van der Waals surface area (Å²) in [7, 11) is -2.32. The van der Waals surface area contributed by atoms with E-state index in [1.54, 1.807) is 30.5 Å². The molecule has 1 aromatic heterocycles. The monoisotopic (exact) mass is 604 g/mol. The van der Waals surface area contributed by atoms with Gasteiger partial charge in [0.25, 0.3) is 15.9 Å². The van der Waals surface area contributed by atoms with Gasteiger partial charge in [0.1, 0.15) is 0 Å². The zero-order chi connectivity index (χ0) is 26.7.